The Bertz CT molecular complexity index is 1320. The second-order valence-corrected chi connectivity index (χ2v) is 9.44. The largest absolute Gasteiger partial charge is 0.493 e. The average Bonchev–Trinajstić information content (AvgIpc) is 3.51. The topological polar surface area (TPSA) is 83.1 Å². The molecule has 2 aliphatic heterocycles. The molecule has 0 bridgehead atoms. The van der Waals surface area contributed by atoms with Gasteiger partial charge >= 0.3 is 0 Å². The SMILES string of the molecule is O=C(N[C@@H]1CCCN(Cc2ccccn2)C1)C1C=c2c(-c3ccc4c(c3)CCO4)n[nH]c2=CC1. The molecule has 2 atom stereocenters. The molecular formula is C27H29N5O2. The third-order valence-electron chi connectivity index (χ3n) is 7.04. The van der Waals surface area contributed by atoms with Crippen molar-refractivity contribution >= 4 is 18.1 Å². The molecule has 2 N–H and O–H groups in total. The molecule has 6 rings (SSSR count). The van der Waals surface area contributed by atoms with Gasteiger partial charge in [0.1, 0.15) is 5.75 Å². The number of amides is 1. The Kier molecular flexibility index (Phi) is 5.63. The molecule has 3 aliphatic rings. The van der Waals surface area contributed by atoms with Crippen molar-refractivity contribution in [1.29, 1.82) is 0 Å². The number of nitrogens with zero attached hydrogens (tertiary/aromatic N) is 3. The van der Waals surface area contributed by atoms with Crippen molar-refractivity contribution in [2.45, 2.75) is 38.3 Å². The summed E-state index contributed by atoms with van der Waals surface area (Å²) in [6, 6.07) is 12.4. The van der Waals surface area contributed by atoms with E-state index in [0.717, 1.165) is 78.8 Å². The monoisotopic (exact) mass is 455 g/mol. The molecule has 1 saturated heterocycles. The number of piperidine rings is 1. The zero-order valence-electron chi connectivity index (χ0n) is 19.2. The lowest BCUT2D eigenvalue weighted by Gasteiger charge is -2.33. The minimum absolute atomic E-state index is 0.0982. The molecule has 4 heterocycles. The molecule has 0 radical (unpaired) electrons. The highest BCUT2D eigenvalue weighted by atomic mass is 16.5. The van der Waals surface area contributed by atoms with E-state index < -0.39 is 0 Å². The van der Waals surface area contributed by atoms with Crippen LogP contribution in [0.5, 0.6) is 5.75 Å². The van der Waals surface area contributed by atoms with Gasteiger partial charge in [0, 0.05) is 42.5 Å². The molecule has 1 fully saturated rings. The fourth-order valence-corrected chi connectivity index (χ4v) is 5.29. The highest BCUT2D eigenvalue weighted by Gasteiger charge is 2.26. The number of carbonyl (C=O) groups excluding carboxylic acids is 1. The summed E-state index contributed by atoms with van der Waals surface area (Å²) in [5.74, 6) is 0.874. The van der Waals surface area contributed by atoms with E-state index in [2.05, 4.69) is 55.7 Å². The fourth-order valence-electron chi connectivity index (χ4n) is 5.29. The van der Waals surface area contributed by atoms with Gasteiger partial charge in [-0.3, -0.25) is 19.8 Å². The molecule has 1 aliphatic carbocycles. The molecule has 1 unspecified atom stereocenters. The minimum Gasteiger partial charge on any atom is -0.493 e. The van der Waals surface area contributed by atoms with Crippen LogP contribution in [0, 0.1) is 5.92 Å². The number of H-pyrrole nitrogens is 1. The minimum atomic E-state index is -0.187. The maximum Gasteiger partial charge on any atom is 0.227 e. The van der Waals surface area contributed by atoms with Crippen LogP contribution in [-0.4, -0.2) is 51.7 Å². The van der Waals surface area contributed by atoms with Crippen molar-refractivity contribution in [2.24, 2.45) is 5.92 Å². The Labute approximate surface area is 198 Å². The predicted molar refractivity (Wildman–Crippen MR) is 130 cm³/mol. The van der Waals surface area contributed by atoms with Gasteiger partial charge in [-0.25, -0.2) is 0 Å². The molecule has 3 aromatic rings. The molecule has 7 heteroatoms. The fraction of sp³-hybridized carbons (Fsp3) is 0.370. The number of aromatic nitrogens is 3. The van der Waals surface area contributed by atoms with Gasteiger partial charge in [-0.05, 0) is 61.7 Å². The van der Waals surface area contributed by atoms with Crippen molar-refractivity contribution < 1.29 is 9.53 Å². The molecule has 174 valence electrons. The van der Waals surface area contributed by atoms with Crippen molar-refractivity contribution in [3.05, 3.63) is 64.4 Å². The number of benzene rings is 1. The Morgan fingerprint density at radius 2 is 2.24 bits per heavy atom. The maximum atomic E-state index is 13.2. The van der Waals surface area contributed by atoms with Gasteiger partial charge in [-0.2, -0.15) is 5.10 Å². The van der Waals surface area contributed by atoms with E-state index >= 15 is 0 Å². The lowest BCUT2D eigenvalue weighted by molar-refractivity contribution is -0.124. The summed E-state index contributed by atoms with van der Waals surface area (Å²) in [4.78, 5) is 20.1. The van der Waals surface area contributed by atoms with Gasteiger partial charge in [0.15, 0.2) is 0 Å². The summed E-state index contributed by atoms with van der Waals surface area (Å²) in [6.45, 7) is 3.46. The first-order chi connectivity index (χ1) is 16.7. The van der Waals surface area contributed by atoms with E-state index in [1.54, 1.807) is 0 Å². The van der Waals surface area contributed by atoms with Crippen LogP contribution < -0.4 is 20.6 Å². The Balaban J connectivity index is 1.16. The summed E-state index contributed by atoms with van der Waals surface area (Å²) in [5, 5.41) is 13.1. The van der Waals surface area contributed by atoms with Crippen LogP contribution >= 0.6 is 0 Å². The summed E-state index contributed by atoms with van der Waals surface area (Å²) in [7, 11) is 0. The van der Waals surface area contributed by atoms with Gasteiger partial charge in [-0.1, -0.05) is 18.2 Å². The normalized spacial score (nSPS) is 21.5. The quantitative estimate of drug-likeness (QED) is 0.613. The highest BCUT2D eigenvalue weighted by molar-refractivity contribution is 5.86. The van der Waals surface area contributed by atoms with Crippen molar-refractivity contribution in [2.75, 3.05) is 19.7 Å². The Morgan fingerprint density at radius 3 is 3.15 bits per heavy atom. The van der Waals surface area contributed by atoms with Crippen molar-refractivity contribution in [1.82, 2.24) is 25.4 Å². The van der Waals surface area contributed by atoms with Crippen molar-refractivity contribution in [3.63, 3.8) is 0 Å². The number of nitrogens with one attached hydrogen (secondary N) is 2. The Morgan fingerprint density at radius 1 is 1.26 bits per heavy atom. The second kappa shape index (κ2) is 9.06. The van der Waals surface area contributed by atoms with Crippen LogP contribution in [0.1, 0.15) is 30.5 Å². The number of hydrogen-bond acceptors (Lipinski definition) is 5. The third-order valence-corrected chi connectivity index (χ3v) is 7.04. The summed E-state index contributed by atoms with van der Waals surface area (Å²) in [6.07, 6.45) is 9.72. The lowest BCUT2D eigenvalue weighted by Crippen LogP contribution is -2.49. The number of rotatable bonds is 5. The van der Waals surface area contributed by atoms with E-state index in [-0.39, 0.29) is 17.9 Å². The van der Waals surface area contributed by atoms with E-state index in [1.807, 2.05) is 24.4 Å². The summed E-state index contributed by atoms with van der Waals surface area (Å²) in [5.41, 5.74) is 4.25. The maximum absolute atomic E-state index is 13.2. The molecule has 1 aromatic carbocycles. The molecular weight excluding hydrogens is 426 g/mol. The zero-order chi connectivity index (χ0) is 22.9. The number of hydrogen-bond donors (Lipinski definition) is 2. The van der Waals surface area contributed by atoms with Gasteiger partial charge < -0.3 is 10.1 Å². The molecule has 7 nitrogen and oxygen atoms in total. The first-order valence-corrected chi connectivity index (χ1v) is 12.2. The van der Waals surface area contributed by atoms with E-state index in [0.29, 0.717) is 6.42 Å². The van der Waals surface area contributed by atoms with Crippen LogP contribution in [-0.2, 0) is 17.8 Å². The lowest BCUT2D eigenvalue weighted by atomic mass is 9.95. The zero-order valence-corrected chi connectivity index (χ0v) is 19.2. The number of pyridine rings is 1. The number of carbonyl (C=O) groups is 1. The molecule has 0 saturated carbocycles. The van der Waals surface area contributed by atoms with Gasteiger partial charge in [0.05, 0.1) is 29.3 Å². The van der Waals surface area contributed by atoms with E-state index in [4.69, 9.17) is 4.74 Å². The first-order valence-electron chi connectivity index (χ1n) is 12.2. The van der Waals surface area contributed by atoms with Gasteiger partial charge in [0.2, 0.25) is 5.91 Å². The number of aromatic amines is 1. The average molecular weight is 456 g/mol. The first kappa shape index (κ1) is 21.1. The van der Waals surface area contributed by atoms with Crippen LogP contribution in [0.25, 0.3) is 23.4 Å². The molecule has 34 heavy (non-hydrogen) atoms. The van der Waals surface area contributed by atoms with Gasteiger partial charge in [0.25, 0.3) is 0 Å². The van der Waals surface area contributed by atoms with Gasteiger partial charge in [-0.15, -0.1) is 0 Å². The van der Waals surface area contributed by atoms with E-state index in [1.165, 1.54) is 5.56 Å². The van der Waals surface area contributed by atoms with Crippen LogP contribution in [0.3, 0.4) is 0 Å². The summed E-state index contributed by atoms with van der Waals surface area (Å²) < 4.78 is 5.64. The highest BCUT2D eigenvalue weighted by Crippen LogP contribution is 2.28. The van der Waals surface area contributed by atoms with Crippen LogP contribution in [0.4, 0.5) is 0 Å². The van der Waals surface area contributed by atoms with E-state index in [9.17, 15) is 4.79 Å². The standard InChI is InChI=1S/C27H29N5O2/c33-27(29-22-5-3-12-32(17-22)16-21-4-1-2-11-28-21)20-6-8-24-23(15-20)26(31-30-24)19-7-9-25-18(14-19)10-13-34-25/h1-2,4,7-9,11,14-15,20,22,30H,3,5-6,10,12-13,16-17H2,(H,29,33)/t20?,22-/m1/s1. The summed E-state index contributed by atoms with van der Waals surface area (Å²) >= 11 is 0. The van der Waals surface area contributed by atoms with Crippen LogP contribution in [0.15, 0.2) is 42.6 Å². The smallest absolute Gasteiger partial charge is 0.227 e. The number of fused-ring (bicyclic) bond motifs is 2. The molecule has 2 aromatic heterocycles. The molecule has 1 amide bonds. The van der Waals surface area contributed by atoms with Crippen LogP contribution in [0.2, 0.25) is 0 Å². The predicted octanol–water partition coefficient (Wildman–Crippen LogP) is 1.77. The Hall–Kier alpha value is -3.45. The van der Waals surface area contributed by atoms with Crippen molar-refractivity contribution in [3.8, 4) is 17.0 Å². The number of likely N-dealkylation sites (tertiary alicyclic amines) is 1. The molecule has 0 spiro atoms. The number of ether oxygens (including phenoxy) is 1. The second-order valence-electron chi connectivity index (χ2n) is 9.44. The third kappa shape index (κ3) is 4.23.